The summed E-state index contributed by atoms with van der Waals surface area (Å²) in [4.78, 5) is 23.1. The normalized spacial score (nSPS) is 17.0. The average Bonchev–Trinajstić information content (AvgIpc) is 2.48. The molecule has 0 spiro atoms. The van der Waals surface area contributed by atoms with Crippen molar-refractivity contribution in [2.75, 3.05) is 0 Å². The summed E-state index contributed by atoms with van der Waals surface area (Å²) in [5, 5.41) is 9.00. The van der Waals surface area contributed by atoms with E-state index >= 15 is 0 Å². The molecule has 0 fully saturated rings. The van der Waals surface area contributed by atoms with Crippen molar-refractivity contribution in [2.24, 2.45) is 0 Å². The third-order valence-corrected chi connectivity index (χ3v) is 3.39. The Morgan fingerprint density at radius 2 is 2.05 bits per heavy atom. The molecule has 0 aromatic heterocycles. The van der Waals surface area contributed by atoms with Gasteiger partial charge in [0.2, 0.25) is 0 Å². The summed E-state index contributed by atoms with van der Waals surface area (Å²) in [5.74, 6) is -1.43. The first-order valence-electron chi connectivity index (χ1n) is 6.37. The van der Waals surface area contributed by atoms with Crippen molar-refractivity contribution >= 4 is 11.8 Å². The summed E-state index contributed by atoms with van der Waals surface area (Å²) < 4.78 is 18.9. The van der Waals surface area contributed by atoms with E-state index in [-0.39, 0.29) is 23.3 Å². The lowest BCUT2D eigenvalue weighted by molar-refractivity contribution is 0.0696. The van der Waals surface area contributed by atoms with Gasteiger partial charge in [0, 0.05) is 0 Å². The summed E-state index contributed by atoms with van der Waals surface area (Å²) >= 11 is 0. The largest absolute Gasteiger partial charge is 0.484 e. The summed E-state index contributed by atoms with van der Waals surface area (Å²) in [6.45, 7) is 0. The molecule has 0 bridgehead atoms. The first-order valence-corrected chi connectivity index (χ1v) is 6.37. The van der Waals surface area contributed by atoms with Crippen LogP contribution in [0.4, 0.5) is 4.39 Å². The van der Waals surface area contributed by atoms with Crippen LogP contribution in [0.3, 0.4) is 0 Å². The lowest BCUT2D eigenvalue weighted by Gasteiger charge is -2.25. The second kappa shape index (κ2) is 5.01. The minimum atomic E-state index is -1.04. The van der Waals surface area contributed by atoms with Crippen molar-refractivity contribution in [3.8, 4) is 5.75 Å². The molecule has 1 atom stereocenters. The zero-order valence-electron chi connectivity index (χ0n) is 10.9. The van der Waals surface area contributed by atoms with Gasteiger partial charge in [0.05, 0.1) is 17.5 Å². The number of Topliss-reactive ketones (excluding diaryl/α,β-unsaturated/α-hetero) is 1. The molecule has 0 saturated carbocycles. The summed E-state index contributed by atoms with van der Waals surface area (Å²) in [6.07, 6.45) is -0.505. The third-order valence-electron chi connectivity index (χ3n) is 3.39. The molecule has 0 radical (unpaired) electrons. The van der Waals surface area contributed by atoms with Gasteiger partial charge in [-0.3, -0.25) is 4.79 Å². The highest BCUT2D eigenvalue weighted by molar-refractivity contribution is 6.00. The van der Waals surface area contributed by atoms with Gasteiger partial charge in [-0.25, -0.2) is 9.18 Å². The number of halogens is 1. The van der Waals surface area contributed by atoms with Crippen molar-refractivity contribution in [3.63, 3.8) is 0 Å². The number of benzene rings is 2. The molecule has 5 heteroatoms. The number of carbonyl (C=O) groups is 2. The van der Waals surface area contributed by atoms with Gasteiger partial charge in [0.1, 0.15) is 17.7 Å². The highest BCUT2D eigenvalue weighted by Crippen LogP contribution is 2.35. The fraction of sp³-hybridized carbons (Fsp3) is 0.125. The lowest BCUT2D eigenvalue weighted by Crippen LogP contribution is -2.20. The van der Waals surface area contributed by atoms with E-state index in [4.69, 9.17) is 9.84 Å². The van der Waals surface area contributed by atoms with Crippen LogP contribution in [-0.4, -0.2) is 16.9 Å². The van der Waals surface area contributed by atoms with E-state index in [0.717, 1.165) is 6.07 Å². The Labute approximate surface area is 119 Å². The van der Waals surface area contributed by atoms with Crippen LogP contribution in [0.25, 0.3) is 0 Å². The quantitative estimate of drug-likeness (QED) is 0.920. The fourth-order valence-corrected chi connectivity index (χ4v) is 2.35. The van der Waals surface area contributed by atoms with Gasteiger partial charge in [-0.2, -0.15) is 0 Å². The highest BCUT2D eigenvalue weighted by Gasteiger charge is 2.28. The smallest absolute Gasteiger partial charge is 0.335 e. The molecule has 1 heterocycles. The minimum Gasteiger partial charge on any atom is -0.484 e. The maximum absolute atomic E-state index is 13.2. The van der Waals surface area contributed by atoms with Crippen molar-refractivity contribution in [1.82, 2.24) is 0 Å². The Morgan fingerprint density at radius 3 is 2.81 bits per heavy atom. The number of hydrogen-bond donors (Lipinski definition) is 1. The maximum Gasteiger partial charge on any atom is 0.335 e. The monoisotopic (exact) mass is 286 g/mol. The van der Waals surface area contributed by atoms with Crippen LogP contribution >= 0.6 is 0 Å². The van der Waals surface area contributed by atoms with E-state index < -0.39 is 17.9 Å². The van der Waals surface area contributed by atoms with Crippen LogP contribution in [0, 0.1) is 5.82 Å². The number of carboxylic acids is 1. The van der Waals surface area contributed by atoms with Crippen molar-refractivity contribution in [1.29, 1.82) is 0 Å². The van der Waals surface area contributed by atoms with Crippen LogP contribution in [-0.2, 0) is 0 Å². The first kappa shape index (κ1) is 13.3. The highest BCUT2D eigenvalue weighted by atomic mass is 19.1. The van der Waals surface area contributed by atoms with Gasteiger partial charge < -0.3 is 9.84 Å². The molecule has 3 rings (SSSR count). The zero-order valence-corrected chi connectivity index (χ0v) is 10.9. The number of carboxylic acid groups (broad SMARTS) is 1. The van der Waals surface area contributed by atoms with E-state index in [1.807, 2.05) is 0 Å². The second-order valence-electron chi connectivity index (χ2n) is 4.80. The van der Waals surface area contributed by atoms with Gasteiger partial charge in [-0.15, -0.1) is 0 Å². The van der Waals surface area contributed by atoms with E-state index in [2.05, 4.69) is 0 Å². The Bertz CT molecular complexity index is 739. The Hall–Kier alpha value is -2.69. The number of rotatable bonds is 2. The van der Waals surface area contributed by atoms with Crippen LogP contribution < -0.4 is 4.74 Å². The molecular weight excluding hydrogens is 275 g/mol. The standard InChI is InChI=1S/C16H11FO4/c17-11-4-5-14-12(7-11)13(18)8-15(21-14)9-2-1-3-10(6-9)16(19)20/h1-7,15H,8H2,(H,19,20). The van der Waals surface area contributed by atoms with Gasteiger partial charge in [-0.1, -0.05) is 12.1 Å². The maximum atomic E-state index is 13.2. The summed E-state index contributed by atoms with van der Waals surface area (Å²) in [7, 11) is 0. The predicted octanol–water partition coefficient (Wildman–Crippen LogP) is 3.23. The number of ether oxygens (including phenoxy) is 1. The predicted molar refractivity (Wildman–Crippen MR) is 72.1 cm³/mol. The van der Waals surface area contributed by atoms with Crippen molar-refractivity contribution < 1.29 is 23.8 Å². The first-order chi connectivity index (χ1) is 10.0. The second-order valence-corrected chi connectivity index (χ2v) is 4.80. The molecule has 2 aromatic rings. The van der Waals surface area contributed by atoms with Gasteiger partial charge in [0.15, 0.2) is 5.78 Å². The van der Waals surface area contributed by atoms with Gasteiger partial charge in [-0.05, 0) is 35.9 Å². The molecule has 1 unspecified atom stereocenters. The summed E-state index contributed by atoms with van der Waals surface area (Å²) in [6, 6.07) is 10.1. The van der Waals surface area contributed by atoms with E-state index in [1.165, 1.54) is 24.3 Å². The zero-order chi connectivity index (χ0) is 15.0. The third kappa shape index (κ3) is 2.50. The molecule has 0 aliphatic carbocycles. The number of carbonyl (C=O) groups excluding carboxylic acids is 1. The van der Waals surface area contributed by atoms with Crippen LogP contribution in [0.15, 0.2) is 42.5 Å². The van der Waals surface area contributed by atoms with Gasteiger partial charge >= 0.3 is 5.97 Å². The van der Waals surface area contributed by atoms with E-state index in [1.54, 1.807) is 12.1 Å². The Kier molecular flexibility index (Phi) is 3.17. The van der Waals surface area contributed by atoms with Gasteiger partial charge in [0.25, 0.3) is 0 Å². The molecule has 1 N–H and O–H groups in total. The Morgan fingerprint density at radius 1 is 1.24 bits per heavy atom. The van der Waals surface area contributed by atoms with Crippen molar-refractivity contribution in [3.05, 3.63) is 65.0 Å². The number of fused-ring (bicyclic) bond motifs is 1. The molecule has 2 aromatic carbocycles. The SMILES string of the molecule is O=C(O)c1cccc(C2CC(=O)c3cc(F)ccc3O2)c1. The number of aromatic carboxylic acids is 1. The summed E-state index contributed by atoms with van der Waals surface area (Å²) in [5.41, 5.74) is 0.965. The topological polar surface area (TPSA) is 63.6 Å². The Balaban J connectivity index is 1.96. The van der Waals surface area contributed by atoms with E-state index in [0.29, 0.717) is 11.3 Å². The minimum absolute atomic E-state index is 0.0551. The molecular formula is C16H11FO4. The number of hydrogen-bond acceptors (Lipinski definition) is 3. The molecule has 0 saturated heterocycles. The fourth-order valence-electron chi connectivity index (χ4n) is 2.35. The van der Waals surface area contributed by atoms with Crippen LogP contribution in [0.5, 0.6) is 5.75 Å². The van der Waals surface area contributed by atoms with Crippen molar-refractivity contribution in [2.45, 2.75) is 12.5 Å². The van der Waals surface area contributed by atoms with E-state index in [9.17, 15) is 14.0 Å². The molecule has 1 aliphatic heterocycles. The molecule has 4 nitrogen and oxygen atoms in total. The molecule has 0 amide bonds. The molecule has 106 valence electrons. The lowest BCUT2D eigenvalue weighted by atomic mass is 9.95. The molecule has 21 heavy (non-hydrogen) atoms. The van der Waals surface area contributed by atoms with Crippen LogP contribution in [0.2, 0.25) is 0 Å². The van der Waals surface area contributed by atoms with Crippen LogP contribution in [0.1, 0.15) is 38.8 Å². The number of ketones is 1. The average molecular weight is 286 g/mol. The molecule has 1 aliphatic rings.